The summed E-state index contributed by atoms with van der Waals surface area (Å²) in [4.78, 5) is 11.6. The van der Waals surface area contributed by atoms with Crippen LogP contribution in [0.15, 0.2) is 29.4 Å². The minimum absolute atomic E-state index is 0.0299. The fourth-order valence-electron chi connectivity index (χ4n) is 1.84. The van der Waals surface area contributed by atoms with Crippen molar-refractivity contribution >= 4 is 22.0 Å². The minimum Gasteiger partial charge on any atom is -0.273 e. The highest BCUT2D eigenvalue weighted by atomic mass is 32.2. The van der Waals surface area contributed by atoms with Gasteiger partial charge in [-0.05, 0) is 12.5 Å². The van der Waals surface area contributed by atoms with Crippen LogP contribution in [-0.4, -0.2) is 32.0 Å². The molecule has 1 fully saturated rings. The Hall–Kier alpha value is -1.76. The van der Waals surface area contributed by atoms with E-state index in [1.54, 1.807) is 12.1 Å². The molecule has 1 aliphatic rings. The third kappa shape index (κ3) is 3.60. The Bertz CT molecular complexity index is 613. The lowest BCUT2D eigenvalue weighted by molar-refractivity contribution is -0.124. The van der Waals surface area contributed by atoms with Crippen LogP contribution in [0.5, 0.6) is 0 Å². The van der Waals surface area contributed by atoms with Gasteiger partial charge in [0.1, 0.15) is 5.82 Å². The second kappa shape index (κ2) is 5.48. The van der Waals surface area contributed by atoms with Crippen molar-refractivity contribution in [3.05, 3.63) is 35.6 Å². The van der Waals surface area contributed by atoms with E-state index in [0.29, 0.717) is 6.42 Å². The number of sulfone groups is 1. The van der Waals surface area contributed by atoms with Crippen molar-refractivity contribution in [2.24, 2.45) is 11.0 Å². The molecule has 1 aromatic carbocycles. The van der Waals surface area contributed by atoms with E-state index in [0.717, 1.165) is 0 Å². The molecule has 102 valence electrons. The first kappa shape index (κ1) is 13.7. The maximum Gasteiger partial charge on any atom is 0.244 e. The van der Waals surface area contributed by atoms with Crippen LogP contribution in [0.25, 0.3) is 0 Å². The van der Waals surface area contributed by atoms with E-state index in [9.17, 15) is 17.6 Å². The van der Waals surface area contributed by atoms with Crippen LogP contribution < -0.4 is 5.43 Å². The van der Waals surface area contributed by atoms with Crippen molar-refractivity contribution in [3.63, 3.8) is 0 Å². The quantitative estimate of drug-likeness (QED) is 0.656. The second-order valence-corrected chi connectivity index (χ2v) is 6.58. The van der Waals surface area contributed by atoms with Gasteiger partial charge >= 0.3 is 0 Å². The zero-order valence-electron chi connectivity index (χ0n) is 10.0. The smallest absolute Gasteiger partial charge is 0.244 e. The largest absolute Gasteiger partial charge is 0.273 e. The zero-order valence-corrected chi connectivity index (χ0v) is 10.9. The number of rotatable bonds is 3. The molecule has 1 amide bonds. The number of carbonyl (C=O) groups excluding carboxylic acids is 1. The maximum absolute atomic E-state index is 13.2. The number of hydrogen-bond donors (Lipinski definition) is 1. The van der Waals surface area contributed by atoms with E-state index >= 15 is 0 Å². The first-order valence-electron chi connectivity index (χ1n) is 5.76. The summed E-state index contributed by atoms with van der Waals surface area (Å²) in [7, 11) is -3.10. The SMILES string of the molecule is O=C(N/N=C\c1ccccc1F)[C@H]1CCS(=O)(=O)C1. The molecule has 1 saturated heterocycles. The summed E-state index contributed by atoms with van der Waals surface area (Å²) < 4.78 is 35.7. The molecule has 5 nitrogen and oxygen atoms in total. The molecule has 1 aromatic rings. The van der Waals surface area contributed by atoms with E-state index in [4.69, 9.17) is 0 Å². The normalized spacial score (nSPS) is 21.6. The lowest BCUT2D eigenvalue weighted by atomic mass is 10.1. The fourth-order valence-corrected chi connectivity index (χ4v) is 3.58. The predicted octanol–water partition coefficient (Wildman–Crippen LogP) is 0.710. The molecule has 0 unspecified atom stereocenters. The Morgan fingerprint density at radius 1 is 1.42 bits per heavy atom. The van der Waals surface area contributed by atoms with Crippen LogP contribution >= 0.6 is 0 Å². The van der Waals surface area contributed by atoms with Gasteiger partial charge in [-0.3, -0.25) is 4.79 Å². The topological polar surface area (TPSA) is 75.6 Å². The van der Waals surface area contributed by atoms with Crippen molar-refractivity contribution in [3.8, 4) is 0 Å². The molecule has 0 saturated carbocycles. The van der Waals surface area contributed by atoms with Gasteiger partial charge in [-0.2, -0.15) is 5.10 Å². The van der Waals surface area contributed by atoms with Crippen molar-refractivity contribution in [2.45, 2.75) is 6.42 Å². The molecule has 0 aliphatic carbocycles. The summed E-state index contributed by atoms with van der Waals surface area (Å²) in [6.45, 7) is 0. The molecule has 1 atom stereocenters. The monoisotopic (exact) mass is 284 g/mol. The Morgan fingerprint density at radius 3 is 2.79 bits per heavy atom. The average Bonchev–Trinajstić information content (AvgIpc) is 2.72. The highest BCUT2D eigenvalue weighted by Crippen LogP contribution is 2.18. The first-order chi connectivity index (χ1) is 8.98. The zero-order chi connectivity index (χ0) is 13.9. The molecule has 2 rings (SSSR count). The molecule has 0 bridgehead atoms. The molecule has 1 aliphatic heterocycles. The fraction of sp³-hybridized carbons (Fsp3) is 0.333. The van der Waals surface area contributed by atoms with Crippen LogP contribution in [0.2, 0.25) is 0 Å². The highest BCUT2D eigenvalue weighted by molar-refractivity contribution is 7.91. The van der Waals surface area contributed by atoms with Gasteiger partial charge in [0.15, 0.2) is 9.84 Å². The Balaban J connectivity index is 1.93. The molecular formula is C12H13FN2O3S. The van der Waals surface area contributed by atoms with Crippen LogP contribution in [0, 0.1) is 11.7 Å². The third-order valence-electron chi connectivity index (χ3n) is 2.89. The van der Waals surface area contributed by atoms with Crippen molar-refractivity contribution in [2.75, 3.05) is 11.5 Å². The van der Waals surface area contributed by atoms with Gasteiger partial charge < -0.3 is 0 Å². The van der Waals surface area contributed by atoms with Gasteiger partial charge in [-0.15, -0.1) is 0 Å². The van der Waals surface area contributed by atoms with Crippen LogP contribution in [0.3, 0.4) is 0 Å². The van der Waals surface area contributed by atoms with Crippen molar-refractivity contribution < 1.29 is 17.6 Å². The molecule has 1 heterocycles. The van der Waals surface area contributed by atoms with Crippen molar-refractivity contribution in [1.29, 1.82) is 0 Å². The molecule has 0 aromatic heterocycles. The summed E-state index contributed by atoms with van der Waals surface area (Å²) in [6, 6.07) is 6.00. The minimum atomic E-state index is -3.10. The lowest BCUT2D eigenvalue weighted by Crippen LogP contribution is -2.27. The van der Waals surface area contributed by atoms with Crippen LogP contribution in [-0.2, 0) is 14.6 Å². The van der Waals surface area contributed by atoms with E-state index in [-0.39, 0.29) is 17.1 Å². The number of hydrogen-bond acceptors (Lipinski definition) is 4. The van der Waals surface area contributed by atoms with Gasteiger partial charge in [0.05, 0.1) is 23.6 Å². The third-order valence-corrected chi connectivity index (χ3v) is 4.65. The predicted molar refractivity (Wildman–Crippen MR) is 68.9 cm³/mol. The summed E-state index contributed by atoms with van der Waals surface area (Å²) in [5.74, 6) is -1.57. The number of hydrazone groups is 1. The van der Waals surface area contributed by atoms with E-state index in [1.807, 2.05) is 0 Å². The number of halogens is 1. The highest BCUT2D eigenvalue weighted by Gasteiger charge is 2.32. The molecular weight excluding hydrogens is 271 g/mol. The number of benzene rings is 1. The van der Waals surface area contributed by atoms with Gasteiger partial charge in [-0.1, -0.05) is 18.2 Å². The van der Waals surface area contributed by atoms with E-state index < -0.39 is 27.5 Å². The lowest BCUT2D eigenvalue weighted by Gasteiger charge is -2.04. The number of nitrogens with zero attached hydrogens (tertiary/aromatic N) is 1. The molecule has 0 radical (unpaired) electrons. The second-order valence-electron chi connectivity index (χ2n) is 4.36. The number of carbonyl (C=O) groups is 1. The standard InChI is InChI=1S/C12H13FN2O3S/c13-11-4-2-1-3-9(11)7-14-15-12(16)10-5-6-19(17,18)8-10/h1-4,7,10H,5-6,8H2,(H,15,16)/b14-7-/t10-/m0/s1. The van der Waals surface area contributed by atoms with Crippen molar-refractivity contribution in [1.82, 2.24) is 5.43 Å². The number of amides is 1. The Kier molecular flexibility index (Phi) is 3.94. The molecule has 1 N–H and O–H groups in total. The molecule has 7 heteroatoms. The summed E-state index contributed by atoms with van der Waals surface area (Å²) in [6.07, 6.45) is 1.50. The summed E-state index contributed by atoms with van der Waals surface area (Å²) in [5, 5.41) is 3.64. The average molecular weight is 284 g/mol. The summed E-state index contributed by atoms with van der Waals surface area (Å²) >= 11 is 0. The van der Waals surface area contributed by atoms with Gasteiger partial charge in [0, 0.05) is 5.56 Å². The Morgan fingerprint density at radius 2 is 2.16 bits per heavy atom. The summed E-state index contributed by atoms with van der Waals surface area (Å²) in [5.41, 5.74) is 2.49. The van der Waals surface area contributed by atoms with Crippen LogP contribution in [0.1, 0.15) is 12.0 Å². The van der Waals surface area contributed by atoms with E-state index in [1.165, 1.54) is 18.3 Å². The maximum atomic E-state index is 13.2. The van der Waals surface area contributed by atoms with Crippen LogP contribution in [0.4, 0.5) is 4.39 Å². The molecule has 19 heavy (non-hydrogen) atoms. The molecule has 0 spiro atoms. The van der Waals surface area contributed by atoms with Gasteiger partial charge in [0.25, 0.3) is 0 Å². The number of nitrogens with one attached hydrogen (secondary N) is 1. The first-order valence-corrected chi connectivity index (χ1v) is 7.58. The van der Waals surface area contributed by atoms with Gasteiger partial charge in [0.2, 0.25) is 5.91 Å². The van der Waals surface area contributed by atoms with Gasteiger partial charge in [-0.25, -0.2) is 18.2 Å². The van der Waals surface area contributed by atoms with E-state index in [2.05, 4.69) is 10.5 Å². The Labute approximate surface area is 110 Å².